The van der Waals surface area contributed by atoms with Crippen LogP contribution in [0.2, 0.25) is 0 Å². The van der Waals surface area contributed by atoms with Gasteiger partial charge in [-0.15, -0.1) is 0 Å². The molecule has 0 bridgehead atoms. The van der Waals surface area contributed by atoms with Crippen molar-refractivity contribution in [1.29, 1.82) is 0 Å². The van der Waals surface area contributed by atoms with Gasteiger partial charge in [-0.3, -0.25) is 19.3 Å². The van der Waals surface area contributed by atoms with Gasteiger partial charge in [-0.25, -0.2) is 0 Å². The van der Waals surface area contributed by atoms with Crippen LogP contribution in [-0.2, 0) is 16.1 Å². The number of carbonyl (C=O) groups excluding carboxylic acids is 3. The Hall–Kier alpha value is -3.42. The van der Waals surface area contributed by atoms with E-state index in [1.165, 1.54) is 0 Å². The topological polar surface area (TPSA) is 78.5 Å². The van der Waals surface area contributed by atoms with Crippen LogP contribution >= 0.6 is 27.5 Å². The lowest BCUT2D eigenvalue weighted by atomic mass is 10.1. The summed E-state index contributed by atoms with van der Waals surface area (Å²) >= 11 is 9.64. The molecule has 4 rings (SSSR count). The molecular weight excluding hydrogens is 506 g/mol. The second kappa shape index (κ2) is 9.60. The zero-order valence-corrected chi connectivity index (χ0v) is 19.9. The smallest absolute Gasteiger partial charge is 0.279 e. The van der Waals surface area contributed by atoms with Gasteiger partial charge in [0.05, 0.1) is 12.2 Å². The molecule has 0 aliphatic carbocycles. The zero-order chi connectivity index (χ0) is 23.5. The van der Waals surface area contributed by atoms with Crippen LogP contribution < -0.4 is 10.6 Å². The Morgan fingerprint density at radius 1 is 0.939 bits per heavy atom. The average Bonchev–Trinajstić information content (AvgIpc) is 3.01. The van der Waals surface area contributed by atoms with Crippen molar-refractivity contribution in [3.63, 3.8) is 0 Å². The van der Waals surface area contributed by atoms with Crippen LogP contribution in [0.15, 0.2) is 88.0 Å². The van der Waals surface area contributed by atoms with E-state index in [-0.39, 0.29) is 23.2 Å². The first-order chi connectivity index (χ1) is 15.8. The molecule has 3 aromatic carbocycles. The third kappa shape index (κ3) is 4.84. The molecule has 0 unspecified atom stereocenters. The standard InChI is InChI=1S/C25H19BrClN3O3/c1-15-11-12-17(23(31)29-19-10-6-5-9-18(19)26)13-20(15)28-22-21(27)24(32)30(25(22)33)14-16-7-3-2-4-8-16/h2-13,28H,14H2,1H3,(H,29,31). The van der Waals surface area contributed by atoms with E-state index < -0.39 is 11.8 Å². The molecule has 0 aromatic heterocycles. The lowest BCUT2D eigenvalue weighted by Crippen LogP contribution is -2.31. The van der Waals surface area contributed by atoms with Crippen molar-refractivity contribution in [2.45, 2.75) is 13.5 Å². The van der Waals surface area contributed by atoms with E-state index in [1.807, 2.05) is 55.5 Å². The Bertz CT molecular complexity index is 1290. The number of amides is 3. The second-order valence-corrected chi connectivity index (χ2v) is 8.69. The molecular formula is C25H19BrClN3O3. The predicted octanol–water partition coefficient (Wildman–Crippen LogP) is 5.44. The Kier molecular flexibility index (Phi) is 6.62. The van der Waals surface area contributed by atoms with Gasteiger partial charge in [-0.1, -0.05) is 60.1 Å². The first kappa shape index (κ1) is 22.8. The van der Waals surface area contributed by atoms with Gasteiger partial charge in [-0.05, 0) is 58.2 Å². The molecule has 1 heterocycles. The van der Waals surface area contributed by atoms with Crippen LogP contribution in [-0.4, -0.2) is 22.6 Å². The summed E-state index contributed by atoms with van der Waals surface area (Å²) in [4.78, 5) is 39.5. The maximum Gasteiger partial charge on any atom is 0.279 e. The molecule has 3 aromatic rings. The molecule has 0 saturated carbocycles. The second-order valence-electron chi connectivity index (χ2n) is 7.46. The number of nitrogens with one attached hydrogen (secondary N) is 2. The normalized spacial score (nSPS) is 13.5. The van der Waals surface area contributed by atoms with Gasteiger partial charge in [0, 0.05) is 15.7 Å². The molecule has 8 heteroatoms. The van der Waals surface area contributed by atoms with Crippen molar-refractivity contribution in [1.82, 2.24) is 4.90 Å². The fraction of sp³-hybridized carbons (Fsp3) is 0.0800. The minimum atomic E-state index is -0.562. The van der Waals surface area contributed by atoms with Gasteiger partial charge in [0.25, 0.3) is 17.7 Å². The molecule has 3 amide bonds. The van der Waals surface area contributed by atoms with E-state index in [2.05, 4.69) is 26.6 Å². The molecule has 0 saturated heterocycles. The van der Waals surface area contributed by atoms with Gasteiger partial charge in [0.15, 0.2) is 0 Å². The quantitative estimate of drug-likeness (QED) is 0.421. The van der Waals surface area contributed by atoms with Gasteiger partial charge in [-0.2, -0.15) is 0 Å². The van der Waals surface area contributed by atoms with E-state index in [9.17, 15) is 14.4 Å². The molecule has 0 fully saturated rings. The number of hydrogen-bond donors (Lipinski definition) is 2. The molecule has 1 aliphatic heterocycles. The Morgan fingerprint density at radius 3 is 2.36 bits per heavy atom. The Morgan fingerprint density at radius 2 is 1.64 bits per heavy atom. The van der Waals surface area contributed by atoms with E-state index >= 15 is 0 Å². The molecule has 0 atom stereocenters. The van der Waals surface area contributed by atoms with Crippen LogP contribution in [0, 0.1) is 6.92 Å². The highest BCUT2D eigenvalue weighted by Crippen LogP contribution is 2.29. The van der Waals surface area contributed by atoms with E-state index in [0.717, 1.165) is 20.5 Å². The molecule has 6 nitrogen and oxygen atoms in total. The molecule has 33 heavy (non-hydrogen) atoms. The average molecular weight is 525 g/mol. The number of para-hydroxylation sites is 1. The summed E-state index contributed by atoms with van der Waals surface area (Å²) in [6.45, 7) is 1.95. The van der Waals surface area contributed by atoms with Crippen LogP contribution in [0.5, 0.6) is 0 Å². The number of rotatable bonds is 6. The fourth-order valence-corrected chi connectivity index (χ4v) is 3.97. The number of carbonyl (C=O) groups is 3. The van der Waals surface area contributed by atoms with Crippen LogP contribution in [0.4, 0.5) is 11.4 Å². The number of imide groups is 1. The minimum absolute atomic E-state index is 0.0101. The highest BCUT2D eigenvalue weighted by atomic mass is 79.9. The maximum absolute atomic E-state index is 13.0. The molecule has 166 valence electrons. The van der Waals surface area contributed by atoms with E-state index in [0.29, 0.717) is 16.9 Å². The number of halogens is 2. The summed E-state index contributed by atoms with van der Waals surface area (Å²) in [5.74, 6) is -1.39. The summed E-state index contributed by atoms with van der Waals surface area (Å²) in [5, 5.41) is 5.63. The predicted molar refractivity (Wildman–Crippen MR) is 132 cm³/mol. The number of hydrogen-bond acceptors (Lipinski definition) is 4. The zero-order valence-electron chi connectivity index (χ0n) is 17.6. The first-order valence-corrected chi connectivity index (χ1v) is 11.3. The molecule has 2 N–H and O–H groups in total. The Labute approximate surface area is 204 Å². The number of nitrogens with zero attached hydrogens (tertiary/aromatic N) is 1. The van der Waals surface area contributed by atoms with Crippen molar-refractivity contribution in [3.8, 4) is 0 Å². The fourth-order valence-electron chi connectivity index (χ4n) is 3.35. The van der Waals surface area contributed by atoms with Crippen molar-refractivity contribution in [2.75, 3.05) is 10.6 Å². The van der Waals surface area contributed by atoms with E-state index in [1.54, 1.807) is 24.3 Å². The monoisotopic (exact) mass is 523 g/mol. The Balaban J connectivity index is 1.55. The number of anilines is 2. The van der Waals surface area contributed by atoms with Crippen molar-refractivity contribution in [3.05, 3.63) is 105 Å². The number of benzene rings is 3. The largest absolute Gasteiger partial charge is 0.349 e. The highest BCUT2D eigenvalue weighted by Gasteiger charge is 2.38. The first-order valence-electron chi connectivity index (χ1n) is 10.1. The van der Waals surface area contributed by atoms with Gasteiger partial charge in [0.1, 0.15) is 10.7 Å². The minimum Gasteiger partial charge on any atom is -0.349 e. The third-order valence-corrected chi connectivity index (χ3v) is 6.22. The van der Waals surface area contributed by atoms with Gasteiger partial charge < -0.3 is 10.6 Å². The van der Waals surface area contributed by atoms with Crippen LogP contribution in [0.3, 0.4) is 0 Å². The lowest BCUT2D eigenvalue weighted by molar-refractivity contribution is -0.138. The molecule has 0 spiro atoms. The third-order valence-electron chi connectivity index (χ3n) is 5.18. The SMILES string of the molecule is Cc1ccc(C(=O)Nc2ccccc2Br)cc1NC1=C(Cl)C(=O)N(Cc2ccccc2)C1=O. The van der Waals surface area contributed by atoms with Crippen LogP contribution in [0.25, 0.3) is 0 Å². The molecule has 0 radical (unpaired) electrons. The van der Waals surface area contributed by atoms with Crippen LogP contribution in [0.1, 0.15) is 21.5 Å². The van der Waals surface area contributed by atoms with Gasteiger partial charge >= 0.3 is 0 Å². The summed E-state index contributed by atoms with van der Waals surface area (Å²) in [6, 6.07) is 21.5. The van der Waals surface area contributed by atoms with Crippen molar-refractivity contribution < 1.29 is 14.4 Å². The number of aryl methyl sites for hydroxylation is 1. The summed E-state index contributed by atoms with van der Waals surface area (Å²) in [7, 11) is 0. The summed E-state index contributed by atoms with van der Waals surface area (Å²) < 4.78 is 0.759. The summed E-state index contributed by atoms with van der Waals surface area (Å²) in [5.41, 5.74) is 3.11. The maximum atomic E-state index is 13.0. The van der Waals surface area contributed by atoms with Crippen molar-refractivity contribution >= 4 is 56.6 Å². The van der Waals surface area contributed by atoms with Gasteiger partial charge in [0.2, 0.25) is 0 Å². The van der Waals surface area contributed by atoms with E-state index in [4.69, 9.17) is 11.6 Å². The lowest BCUT2D eigenvalue weighted by Gasteiger charge is -2.16. The summed E-state index contributed by atoms with van der Waals surface area (Å²) in [6.07, 6.45) is 0. The molecule has 1 aliphatic rings. The van der Waals surface area contributed by atoms with Crippen molar-refractivity contribution in [2.24, 2.45) is 0 Å². The highest BCUT2D eigenvalue weighted by molar-refractivity contribution is 9.10.